The van der Waals surface area contributed by atoms with Crippen molar-refractivity contribution in [2.45, 2.75) is 12.5 Å². The van der Waals surface area contributed by atoms with Crippen LogP contribution in [-0.4, -0.2) is 21.6 Å². The Bertz CT molecular complexity index is 809. The molecule has 1 aromatic carbocycles. The lowest BCUT2D eigenvalue weighted by Crippen LogP contribution is -2.31. The van der Waals surface area contributed by atoms with Crippen LogP contribution in [0.5, 0.6) is 0 Å². The third kappa shape index (κ3) is 2.81. The predicted octanol–water partition coefficient (Wildman–Crippen LogP) is 2.30. The molecule has 2 heterocycles. The first-order valence-electron chi connectivity index (χ1n) is 6.54. The first-order chi connectivity index (χ1) is 10.1. The summed E-state index contributed by atoms with van der Waals surface area (Å²) in [4.78, 5) is 19.0. The molecule has 0 aliphatic heterocycles. The molecule has 0 saturated carbocycles. The van der Waals surface area contributed by atoms with Crippen molar-refractivity contribution in [3.8, 4) is 0 Å². The van der Waals surface area contributed by atoms with E-state index in [1.54, 1.807) is 25.1 Å². The number of fused-ring (bicyclic) bond motifs is 1. The largest absolute Gasteiger partial charge is 0.384 e. The van der Waals surface area contributed by atoms with E-state index in [9.17, 15) is 9.90 Å². The van der Waals surface area contributed by atoms with Gasteiger partial charge in [-0.25, -0.2) is 4.98 Å². The number of thiophene rings is 1. The monoisotopic (exact) mass is 301 g/mol. The molecule has 2 aromatic heterocycles. The van der Waals surface area contributed by atoms with Gasteiger partial charge in [-0.15, -0.1) is 0 Å². The lowest BCUT2D eigenvalue weighted by Gasteiger charge is -2.22. The van der Waals surface area contributed by atoms with Crippen molar-refractivity contribution >= 4 is 28.2 Å². The molecule has 0 spiro atoms. The second-order valence-electron chi connectivity index (χ2n) is 5.07. The van der Waals surface area contributed by atoms with E-state index in [4.69, 9.17) is 0 Å². The number of nitrogens with one attached hydrogen (secondary N) is 2. The second-order valence-corrected chi connectivity index (χ2v) is 5.85. The van der Waals surface area contributed by atoms with Crippen LogP contribution in [-0.2, 0) is 5.60 Å². The van der Waals surface area contributed by atoms with Gasteiger partial charge in [-0.05, 0) is 41.4 Å². The van der Waals surface area contributed by atoms with Gasteiger partial charge in [0, 0.05) is 0 Å². The minimum Gasteiger partial charge on any atom is -0.384 e. The van der Waals surface area contributed by atoms with E-state index in [0.717, 1.165) is 5.56 Å². The highest BCUT2D eigenvalue weighted by Gasteiger charge is 2.23. The van der Waals surface area contributed by atoms with Crippen molar-refractivity contribution in [3.63, 3.8) is 0 Å². The third-order valence-corrected chi connectivity index (χ3v) is 4.04. The van der Waals surface area contributed by atoms with Gasteiger partial charge in [0.25, 0.3) is 5.56 Å². The molecule has 0 aliphatic carbocycles. The van der Waals surface area contributed by atoms with Crippen LogP contribution in [0.4, 0.5) is 5.95 Å². The number of hydrogen-bond acceptors (Lipinski definition) is 5. The van der Waals surface area contributed by atoms with Crippen LogP contribution < -0.4 is 10.9 Å². The number of para-hydroxylation sites is 1. The minimum absolute atomic E-state index is 0.196. The average Bonchev–Trinajstić information content (AvgIpc) is 3.00. The molecule has 0 bridgehead atoms. The molecule has 21 heavy (non-hydrogen) atoms. The Balaban J connectivity index is 1.84. The molecule has 0 amide bonds. The van der Waals surface area contributed by atoms with Gasteiger partial charge in [0.2, 0.25) is 5.95 Å². The molecule has 108 valence electrons. The van der Waals surface area contributed by atoms with Crippen LogP contribution in [0.2, 0.25) is 0 Å². The fourth-order valence-electron chi connectivity index (χ4n) is 2.10. The summed E-state index contributed by atoms with van der Waals surface area (Å²) in [5.41, 5.74) is 0.241. The van der Waals surface area contributed by atoms with E-state index in [2.05, 4.69) is 15.3 Å². The van der Waals surface area contributed by atoms with Gasteiger partial charge in [0.15, 0.2) is 0 Å². The molecule has 3 rings (SSSR count). The summed E-state index contributed by atoms with van der Waals surface area (Å²) in [6.45, 7) is 1.98. The van der Waals surface area contributed by atoms with Crippen molar-refractivity contribution in [3.05, 3.63) is 57.0 Å². The van der Waals surface area contributed by atoms with Crippen molar-refractivity contribution in [1.82, 2.24) is 9.97 Å². The molecule has 0 fully saturated rings. The second kappa shape index (κ2) is 5.31. The number of H-pyrrole nitrogens is 1. The molecule has 6 heteroatoms. The zero-order chi connectivity index (χ0) is 14.9. The Morgan fingerprint density at radius 3 is 2.95 bits per heavy atom. The lowest BCUT2D eigenvalue weighted by atomic mass is 9.99. The fourth-order valence-corrected chi connectivity index (χ4v) is 2.88. The summed E-state index contributed by atoms with van der Waals surface area (Å²) in [6.07, 6.45) is 0. The number of rotatable bonds is 4. The number of aliphatic hydroxyl groups is 1. The van der Waals surface area contributed by atoms with Gasteiger partial charge in [0.1, 0.15) is 5.60 Å². The molecule has 3 aromatic rings. The number of benzene rings is 1. The fraction of sp³-hybridized carbons (Fsp3) is 0.200. The number of aromatic amines is 1. The summed E-state index contributed by atoms with van der Waals surface area (Å²) in [5, 5.41) is 17.8. The smallest absolute Gasteiger partial charge is 0.260 e. The average molecular weight is 301 g/mol. The standard InChI is InChI=1S/C15H15N3O2S/c1-15(20,10-6-7-21-8-10)9-16-14-17-12-5-3-2-4-11(12)13(19)18-14/h2-8,20H,9H2,1H3,(H2,16,17,18,19)/t15-/m1/s1. The maximum absolute atomic E-state index is 12.0. The maximum Gasteiger partial charge on any atom is 0.260 e. The first-order valence-corrected chi connectivity index (χ1v) is 7.48. The van der Waals surface area contributed by atoms with Crippen LogP contribution in [0, 0.1) is 0 Å². The van der Waals surface area contributed by atoms with Crippen molar-refractivity contribution < 1.29 is 5.11 Å². The van der Waals surface area contributed by atoms with Crippen LogP contribution in [0.25, 0.3) is 10.9 Å². The Hall–Kier alpha value is -2.18. The molecule has 0 aliphatic rings. The van der Waals surface area contributed by atoms with Crippen molar-refractivity contribution in [1.29, 1.82) is 0 Å². The Morgan fingerprint density at radius 2 is 2.19 bits per heavy atom. The highest BCUT2D eigenvalue weighted by Crippen LogP contribution is 2.23. The molecular formula is C15H15N3O2S. The summed E-state index contributed by atoms with van der Waals surface area (Å²) < 4.78 is 0. The van der Waals surface area contributed by atoms with Crippen LogP contribution in [0.3, 0.4) is 0 Å². The van der Waals surface area contributed by atoms with Crippen LogP contribution in [0.1, 0.15) is 12.5 Å². The quantitative estimate of drug-likeness (QED) is 0.691. The van der Waals surface area contributed by atoms with E-state index >= 15 is 0 Å². The zero-order valence-electron chi connectivity index (χ0n) is 11.5. The van der Waals surface area contributed by atoms with Gasteiger partial charge in [0.05, 0.1) is 17.4 Å². The highest BCUT2D eigenvalue weighted by molar-refractivity contribution is 7.08. The van der Waals surface area contributed by atoms with Gasteiger partial charge in [-0.3, -0.25) is 9.78 Å². The van der Waals surface area contributed by atoms with Crippen molar-refractivity contribution in [2.24, 2.45) is 0 Å². The minimum atomic E-state index is -1.02. The predicted molar refractivity (Wildman–Crippen MR) is 84.7 cm³/mol. The molecule has 0 saturated heterocycles. The molecule has 0 radical (unpaired) electrons. The van der Waals surface area contributed by atoms with E-state index in [0.29, 0.717) is 16.9 Å². The number of aromatic nitrogens is 2. The van der Waals surface area contributed by atoms with Gasteiger partial charge < -0.3 is 10.4 Å². The van der Waals surface area contributed by atoms with Crippen molar-refractivity contribution in [2.75, 3.05) is 11.9 Å². The Labute approximate surface area is 125 Å². The van der Waals surface area contributed by atoms with Crippen LogP contribution >= 0.6 is 11.3 Å². The van der Waals surface area contributed by atoms with E-state index in [1.807, 2.05) is 22.9 Å². The summed E-state index contributed by atoms with van der Waals surface area (Å²) in [5.74, 6) is 0.356. The number of hydrogen-bond donors (Lipinski definition) is 3. The normalized spacial score (nSPS) is 14.0. The molecule has 5 nitrogen and oxygen atoms in total. The summed E-state index contributed by atoms with van der Waals surface area (Å²) in [7, 11) is 0. The molecular weight excluding hydrogens is 286 g/mol. The Morgan fingerprint density at radius 1 is 1.38 bits per heavy atom. The summed E-state index contributed by atoms with van der Waals surface area (Å²) in [6, 6.07) is 9.02. The van der Waals surface area contributed by atoms with Gasteiger partial charge in [-0.1, -0.05) is 12.1 Å². The van der Waals surface area contributed by atoms with Crippen LogP contribution in [0.15, 0.2) is 45.9 Å². The molecule has 3 N–H and O–H groups in total. The van der Waals surface area contributed by atoms with Gasteiger partial charge in [-0.2, -0.15) is 11.3 Å². The van der Waals surface area contributed by atoms with E-state index in [1.165, 1.54) is 11.3 Å². The topological polar surface area (TPSA) is 78.0 Å². The van der Waals surface area contributed by atoms with E-state index in [-0.39, 0.29) is 12.1 Å². The highest BCUT2D eigenvalue weighted by atomic mass is 32.1. The Kier molecular flexibility index (Phi) is 3.48. The number of nitrogens with zero attached hydrogens (tertiary/aromatic N) is 1. The molecule has 0 unspecified atom stereocenters. The zero-order valence-corrected chi connectivity index (χ0v) is 12.3. The SMILES string of the molecule is C[C@@](O)(CNc1nc2ccccc2c(=O)[nH]1)c1ccsc1. The maximum atomic E-state index is 12.0. The third-order valence-electron chi connectivity index (χ3n) is 3.36. The van der Waals surface area contributed by atoms with E-state index < -0.39 is 5.60 Å². The first kappa shape index (κ1) is 13.8. The lowest BCUT2D eigenvalue weighted by molar-refractivity contribution is 0.0718. The number of anilines is 1. The summed E-state index contributed by atoms with van der Waals surface area (Å²) >= 11 is 1.53. The van der Waals surface area contributed by atoms with Gasteiger partial charge >= 0.3 is 0 Å². The molecule has 1 atom stereocenters.